The number of benzene rings is 1. The van der Waals surface area contributed by atoms with Crippen molar-refractivity contribution >= 4 is 16.4 Å². The monoisotopic (exact) mass is 334 g/mol. The third kappa shape index (κ3) is 2.91. The van der Waals surface area contributed by atoms with Crippen LogP contribution in [0.1, 0.15) is 24.8 Å². The molecule has 0 N–H and O–H groups in total. The van der Waals surface area contributed by atoms with Crippen LogP contribution in [0.15, 0.2) is 30.3 Å². The maximum Gasteiger partial charge on any atom is 0.461 e. The Morgan fingerprint density at radius 2 is 2.05 bits per heavy atom. The smallest absolute Gasteiger partial charge is 0.428 e. The second-order valence-corrected chi connectivity index (χ2v) is 7.38. The number of alkyl halides is 4. The van der Waals surface area contributed by atoms with E-state index in [0.29, 0.717) is 12.0 Å². The van der Waals surface area contributed by atoms with Crippen molar-refractivity contribution in [1.82, 2.24) is 0 Å². The molecule has 120 valence electrons. The molecule has 3 unspecified atom stereocenters. The first-order valence-electron chi connectivity index (χ1n) is 6.92. The van der Waals surface area contributed by atoms with E-state index in [9.17, 15) is 21.8 Å². The number of ether oxygens (including phenoxy) is 1. The van der Waals surface area contributed by atoms with Gasteiger partial charge in [-0.05, 0) is 42.5 Å². The molecule has 0 amide bonds. The van der Waals surface area contributed by atoms with E-state index in [1.165, 1.54) is 18.2 Å². The van der Waals surface area contributed by atoms with E-state index >= 15 is 0 Å². The number of fused-ring (bicyclic) bond motifs is 2. The minimum absolute atomic E-state index is 0.000768. The Morgan fingerprint density at radius 1 is 1.27 bits per heavy atom. The lowest BCUT2D eigenvalue weighted by molar-refractivity contribution is -0.253. The molecule has 0 aromatic heterocycles. The van der Waals surface area contributed by atoms with Crippen molar-refractivity contribution in [2.75, 3.05) is 0 Å². The van der Waals surface area contributed by atoms with E-state index in [1.807, 2.05) is 6.08 Å². The normalized spacial score (nSPS) is 27.9. The second-order valence-electron chi connectivity index (χ2n) is 5.45. The van der Waals surface area contributed by atoms with Crippen LogP contribution in [0.4, 0.5) is 17.6 Å². The molecule has 0 radical (unpaired) electrons. The molecule has 2 nitrogen and oxygen atoms in total. The summed E-state index contributed by atoms with van der Waals surface area (Å²) in [4.78, 5) is 0. The van der Waals surface area contributed by atoms with E-state index in [-0.39, 0.29) is 16.2 Å². The minimum atomic E-state index is -4.51. The highest BCUT2D eigenvalue weighted by atomic mass is 32.2. The van der Waals surface area contributed by atoms with Gasteiger partial charge in [-0.1, -0.05) is 18.2 Å². The molecule has 2 bridgehead atoms. The Labute approximate surface area is 127 Å². The summed E-state index contributed by atoms with van der Waals surface area (Å²) in [7, 11) is -0.867. The number of allylic oxidation sites excluding steroid dienone is 1. The molecular formula is C15H14F4O2S. The van der Waals surface area contributed by atoms with Gasteiger partial charge in [0.15, 0.2) is 0 Å². The molecule has 0 saturated carbocycles. The van der Waals surface area contributed by atoms with Gasteiger partial charge in [0.05, 0.1) is 5.25 Å². The average Bonchev–Trinajstić information content (AvgIpc) is 2.69. The van der Waals surface area contributed by atoms with Crippen LogP contribution in [0.3, 0.4) is 0 Å². The van der Waals surface area contributed by atoms with Gasteiger partial charge in [0, 0.05) is 16.0 Å². The molecule has 0 aliphatic carbocycles. The maximum atomic E-state index is 13.0. The molecule has 22 heavy (non-hydrogen) atoms. The number of hydrogen-bond donors (Lipinski definition) is 0. The summed E-state index contributed by atoms with van der Waals surface area (Å²) < 4.78 is 66.4. The first-order chi connectivity index (χ1) is 10.4. The lowest BCUT2D eigenvalue weighted by Crippen LogP contribution is -2.33. The summed E-state index contributed by atoms with van der Waals surface area (Å²) in [5.74, 6) is -0.303. The number of hydrogen-bond acceptors (Lipinski definition) is 2. The van der Waals surface area contributed by atoms with Gasteiger partial charge in [0.25, 0.3) is 0 Å². The van der Waals surface area contributed by atoms with Crippen LogP contribution in [-0.2, 0) is 10.8 Å². The third-order valence-electron chi connectivity index (χ3n) is 3.95. The topological polar surface area (TPSA) is 26.3 Å². The van der Waals surface area contributed by atoms with Gasteiger partial charge in [0.2, 0.25) is 0 Å². The van der Waals surface area contributed by atoms with Crippen molar-refractivity contribution in [1.29, 1.82) is 0 Å². The highest BCUT2D eigenvalue weighted by molar-refractivity contribution is 7.86. The van der Waals surface area contributed by atoms with Crippen LogP contribution in [0.5, 0.6) is 5.75 Å². The van der Waals surface area contributed by atoms with E-state index in [1.54, 1.807) is 6.07 Å². The summed E-state index contributed by atoms with van der Waals surface area (Å²) in [6.07, 6.45) is -4.14. The molecule has 2 aliphatic rings. The summed E-state index contributed by atoms with van der Waals surface area (Å²) in [6.45, 7) is 0. The molecule has 7 heteroatoms. The van der Waals surface area contributed by atoms with Gasteiger partial charge in [0.1, 0.15) is 5.75 Å². The van der Waals surface area contributed by atoms with Gasteiger partial charge < -0.3 is 4.74 Å². The highest BCUT2D eigenvalue weighted by Crippen LogP contribution is 2.39. The SMILES string of the molecule is O=S1C2C=C(c3cccc(OC(F)(F)C(F)F)c3)CC1CC2. The molecule has 3 rings (SSSR count). The molecule has 3 atom stereocenters. The lowest BCUT2D eigenvalue weighted by atomic mass is 10.0. The van der Waals surface area contributed by atoms with Crippen molar-refractivity contribution in [2.24, 2.45) is 0 Å². The fourth-order valence-corrected chi connectivity index (χ4v) is 4.75. The summed E-state index contributed by atoms with van der Waals surface area (Å²) in [6, 6.07) is 5.75. The first kappa shape index (κ1) is 15.5. The zero-order valence-electron chi connectivity index (χ0n) is 11.5. The molecule has 2 heterocycles. The zero-order valence-corrected chi connectivity index (χ0v) is 12.3. The van der Waals surface area contributed by atoms with Crippen LogP contribution >= 0.6 is 0 Å². The predicted octanol–water partition coefficient (Wildman–Crippen LogP) is 3.99. The zero-order chi connectivity index (χ0) is 15.9. The Hall–Kier alpha value is -1.37. The summed E-state index contributed by atoms with van der Waals surface area (Å²) in [5, 5.41) is 0.0953. The molecule has 1 fully saturated rings. The summed E-state index contributed by atoms with van der Waals surface area (Å²) >= 11 is 0. The molecule has 2 aliphatic heterocycles. The average molecular weight is 334 g/mol. The van der Waals surface area contributed by atoms with E-state index in [4.69, 9.17) is 0 Å². The van der Waals surface area contributed by atoms with Crippen LogP contribution in [-0.4, -0.2) is 27.2 Å². The van der Waals surface area contributed by atoms with Crippen molar-refractivity contribution in [2.45, 2.75) is 42.3 Å². The quantitative estimate of drug-likeness (QED) is 0.778. The first-order valence-corrected chi connectivity index (χ1v) is 8.20. The van der Waals surface area contributed by atoms with E-state index < -0.39 is 23.3 Å². The standard InChI is InChI=1S/C15H14F4O2S/c16-14(17)15(18,19)21-11-3-1-2-9(6-11)10-7-12-4-5-13(8-10)22(12)20/h1-3,6-7,12-14H,4-5,8H2. The Kier molecular flexibility index (Phi) is 4.01. The van der Waals surface area contributed by atoms with Gasteiger partial charge in [-0.2, -0.15) is 17.6 Å². The minimum Gasteiger partial charge on any atom is -0.428 e. The van der Waals surface area contributed by atoms with Crippen LogP contribution in [0.2, 0.25) is 0 Å². The van der Waals surface area contributed by atoms with Crippen LogP contribution in [0, 0.1) is 0 Å². The van der Waals surface area contributed by atoms with E-state index in [2.05, 4.69) is 4.74 Å². The van der Waals surface area contributed by atoms with Crippen LogP contribution < -0.4 is 4.74 Å². The molecule has 1 aromatic carbocycles. The largest absolute Gasteiger partial charge is 0.461 e. The summed E-state index contributed by atoms with van der Waals surface area (Å²) in [5.41, 5.74) is 1.56. The highest BCUT2D eigenvalue weighted by Gasteiger charge is 2.44. The Morgan fingerprint density at radius 3 is 2.73 bits per heavy atom. The number of rotatable bonds is 4. The van der Waals surface area contributed by atoms with Crippen molar-refractivity contribution < 1.29 is 26.5 Å². The van der Waals surface area contributed by atoms with Crippen molar-refractivity contribution in [3.63, 3.8) is 0 Å². The van der Waals surface area contributed by atoms with Crippen LogP contribution in [0.25, 0.3) is 5.57 Å². The molecule has 1 saturated heterocycles. The second kappa shape index (κ2) is 5.68. The fraction of sp³-hybridized carbons (Fsp3) is 0.467. The van der Waals surface area contributed by atoms with Crippen molar-refractivity contribution in [3.05, 3.63) is 35.9 Å². The van der Waals surface area contributed by atoms with Gasteiger partial charge in [-0.25, -0.2) is 0 Å². The van der Waals surface area contributed by atoms with Gasteiger partial charge in [-0.3, -0.25) is 4.21 Å². The number of halogens is 4. The molecular weight excluding hydrogens is 320 g/mol. The third-order valence-corrected chi connectivity index (χ3v) is 5.98. The Bertz CT molecular complexity index is 630. The van der Waals surface area contributed by atoms with Gasteiger partial charge >= 0.3 is 12.5 Å². The molecule has 0 spiro atoms. The molecule has 1 aromatic rings. The fourth-order valence-electron chi connectivity index (χ4n) is 2.88. The lowest BCUT2D eigenvalue weighted by Gasteiger charge is -2.21. The maximum absolute atomic E-state index is 13.0. The van der Waals surface area contributed by atoms with Crippen molar-refractivity contribution in [3.8, 4) is 5.75 Å². The Balaban J connectivity index is 1.83. The van der Waals surface area contributed by atoms with Gasteiger partial charge in [-0.15, -0.1) is 0 Å². The predicted molar refractivity (Wildman–Crippen MR) is 75.6 cm³/mol. The van der Waals surface area contributed by atoms with E-state index in [0.717, 1.165) is 18.4 Å².